The minimum atomic E-state index is 0.397. The maximum Gasteiger partial charge on any atom is 0.133 e. The van der Waals surface area contributed by atoms with Crippen molar-refractivity contribution in [1.29, 1.82) is 5.26 Å². The Balaban J connectivity index is 2.96. The highest BCUT2D eigenvalue weighted by molar-refractivity contribution is 6.32. The molecule has 0 saturated carbocycles. The molecule has 13 heavy (non-hydrogen) atoms. The number of rotatable bonds is 3. The van der Waals surface area contributed by atoms with Gasteiger partial charge in [-0.25, -0.2) is 0 Å². The fraction of sp³-hybridized carbons (Fsp3) is 0.375. The van der Waals surface area contributed by atoms with Crippen LogP contribution in [0.4, 0.5) is 5.69 Å². The normalized spacial score (nSPS) is 9.92. The molecule has 0 saturated heterocycles. The van der Waals surface area contributed by atoms with Gasteiger partial charge in [0.1, 0.15) is 16.9 Å². The molecule has 0 atom stereocenters. The second-order valence-corrected chi connectivity index (χ2v) is 2.89. The number of nitrogen functional groups attached to an aromatic ring is 1. The van der Waals surface area contributed by atoms with E-state index in [-0.39, 0.29) is 0 Å². The Hall–Kier alpha value is -1.18. The molecule has 0 amide bonds. The molecule has 1 aromatic rings. The second-order valence-electron chi connectivity index (χ2n) is 2.53. The van der Waals surface area contributed by atoms with Gasteiger partial charge in [0.25, 0.3) is 0 Å². The van der Waals surface area contributed by atoms with Crippen molar-refractivity contribution in [3.8, 4) is 6.07 Å². The smallest absolute Gasteiger partial charge is 0.133 e. The van der Waals surface area contributed by atoms with Crippen LogP contribution in [0.3, 0.4) is 0 Å². The van der Waals surface area contributed by atoms with Gasteiger partial charge in [-0.3, -0.25) is 0 Å². The molecular formula is C8H10ClN3O. The lowest BCUT2D eigenvalue weighted by Crippen LogP contribution is -2.06. The third kappa shape index (κ3) is 1.94. The second kappa shape index (κ2) is 4.17. The standard InChI is InChI=1S/C8H10ClN3O/c1-13-3-2-12-6(5-10)4-7(11)8(12)9/h4H,2-3,11H2,1H3. The summed E-state index contributed by atoms with van der Waals surface area (Å²) in [6, 6.07) is 3.56. The van der Waals surface area contributed by atoms with Crippen LogP contribution in [0, 0.1) is 11.3 Å². The van der Waals surface area contributed by atoms with Gasteiger partial charge >= 0.3 is 0 Å². The molecule has 0 aliphatic carbocycles. The Bertz CT molecular complexity index is 340. The van der Waals surface area contributed by atoms with E-state index in [4.69, 9.17) is 27.3 Å². The Kier molecular flexibility index (Phi) is 3.18. The topological polar surface area (TPSA) is 64.0 Å². The summed E-state index contributed by atoms with van der Waals surface area (Å²) >= 11 is 5.86. The van der Waals surface area contributed by atoms with Crippen molar-refractivity contribution in [3.63, 3.8) is 0 Å². The first kappa shape index (κ1) is 9.90. The zero-order valence-corrected chi connectivity index (χ0v) is 8.01. The molecule has 0 aliphatic heterocycles. The lowest BCUT2D eigenvalue weighted by molar-refractivity contribution is 0.187. The number of nitrogens with zero attached hydrogens (tertiary/aromatic N) is 2. The van der Waals surface area contributed by atoms with E-state index >= 15 is 0 Å². The Morgan fingerprint density at radius 2 is 2.46 bits per heavy atom. The van der Waals surface area contributed by atoms with E-state index in [9.17, 15) is 0 Å². The summed E-state index contributed by atoms with van der Waals surface area (Å²) in [5.41, 5.74) is 6.43. The summed E-state index contributed by atoms with van der Waals surface area (Å²) < 4.78 is 6.51. The predicted molar refractivity (Wildman–Crippen MR) is 50.4 cm³/mol. The van der Waals surface area contributed by atoms with Gasteiger partial charge in [0, 0.05) is 13.7 Å². The van der Waals surface area contributed by atoms with Crippen molar-refractivity contribution in [3.05, 3.63) is 16.9 Å². The number of hydrogen-bond donors (Lipinski definition) is 1. The fourth-order valence-corrected chi connectivity index (χ4v) is 1.27. The number of hydrogen-bond acceptors (Lipinski definition) is 3. The summed E-state index contributed by atoms with van der Waals surface area (Å²) in [5, 5.41) is 9.13. The molecule has 0 unspecified atom stereocenters. The fourth-order valence-electron chi connectivity index (χ4n) is 1.04. The van der Waals surface area contributed by atoms with Gasteiger partial charge in [-0.1, -0.05) is 11.6 Å². The quantitative estimate of drug-likeness (QED) is 0.797. The first-order valence-electron chi connectivity index (χ1n) is 3.74. The van der Waals surface area contributed by atoms with Crippen LogP contribution >= 0.6 is 11.6 Å². The largest absolute Gasteiger partial charge is 0.396 e. The van der Waals surface area contributed by atoms with Gasteiger partial charge in [-0.05, 0) is 6.07 Å². The number of nitrogens with two attached hydrogens (primary N) is 1. The summed E-state index contributed by atoms with van der Waals surface area (Å²) in [5.74, 6) is 0. The molecular weight excluding hydrogens is 190 g/mol. The van der Waals surface area contributed by atoms with E-state index in [1.165, 1.54) is 0 Å². The highest BCUT2D eigenvalue weighted by atomic mass is 35.5. The lowest BCUT2D eigenvalue weighted by atomic mass is 10.4. The van der Waals surface area contributed by atoms with E-state index in [2.05, 4.69) is 0 Å². The van der Waals surface area contributed by atoms with Crippen LogP contribution in [0.25, 0.3) is 0 Å². The summed E-state index contributed by atoms with van der Waals surface area (Å²) in [4.78, 5) is 0. The first-order chi connectivity index (χ1) is 6.20. The predicted octanol–water partition coefficient (Wildman–Crippen LogP) is 1.24. The van der Waals surface area contributed by atoms with Crippen LogP contribution in [-0.4, -0.2) is 18.3 Å². The Morgan fingerprint density at radius 1 is 1.77 bits per heavy atom. The molecule has 0 spiro atoms. The average molecular weight is 200 g/mol. The average Bonchev–Trinajstić information content (AvgIpc) is 2.40. The van der Waals surface area contributed by atoms with Gasteiger partial charge in [0.2, 0.25) is 0 Å². The van der Waals surface area contributed by atoms with Crippen LogP contribution in [0.2, 0.25) is 5.15 Å². The van der Waals surface area contributed by atoms with Crippen LogP contribution in [0.1, 0.15) is 5.69 Å². The van der Waals surface area contributed by atoms with Crippen molar-refractivity contribution in [1.82, 2.24) is 4.57 Å². The van der Waals surface area contributed by atoms with Gasteiger partial charge in [0.15, 0.2) is 0 Å². The zero-order chi connectivity index (χ0) is 9.84. The highest BCUT2D eigenvalue weighted by Crippen LogP contribution is 2.22. The molecule has 5 heteroatoms. The summed E-state index contributed by atoms with van der Waals surface area (Å²) in [6.45, 7) is 1.04. The van der Waals surface area contributed by atoms with Crippen molar-refractivity contribution >= 4 is 17.3 Å². The van der Waals surface area contributed by atoms with Crippen LogP contribution in [0.15, 0.2) is 6.07 Å². The number of anilines is 1. The zero-order valence-electron chi connectivity index (χ0n) is 7.25. The van der Waals surface area contributed by atoms with E-state index in [1.54, 1.807) is 17.7 Å². The molecule has 1 rings (SSSR count). The number of halogens is 1. The van der Waals surface area contributed by atoms with Gasteiger partial charge in [0.05, 0.1) is 12.3 Å². The molecule has 70 valence electrons. The maximum atomic E-state index is 8.73. The van der Waals surface area contributed by atoms with Crippen molar-refractivity contribution in [2.75, 3.05) is 19.5 Å². The molecule has 2 N–H and O–H groups in total. The third-order valence-corrected chi connectivity index (χ3v) is 2.11. The number of nitriles is 1. The minimum Gasteiger partial charge on any atom is -0.396 e. The summed E-state index contributed by atoms with van der Waals surface area (Å²) in [7, 11) is 1.59. The van der Waals surface area contributed by atoms with Crippen molar-refractivity contribution in [2.24, 2.45) is 0 Å². The lowest BCUT2D eigenvalue weighted by Gasteiger charge is -2.04. The first-order valence-corrected chi connectivity index (χ1v) is 4.12. The third-order valence-electron chi connectivity index (χ3n) is 1.69. The van der Waals surface area contributed by atoms with Crippen LogP contribution < -0.4 is 5.73 Å². The number of methoxy groups -OCH3 is 1. The molecule has 0 fully saturated rings. The Morgan fingerprint density at radius 3 is 3.00 bits per heavy atom. The molecule has 4 nitrogen and oxygen atoms in total. The molecule has 0 aromatic carbocycles. The molecule has 1 aromatic heterocycles. The van der Waals surface area contributed by atoms with Crippen LogP contribution in [-0.2, 0) is 11.3 Å². The van der Waals surface area contributed by atoms with E-state index in [0.29, 0.717) is 29.7 Å². The van der Waals surface area contributed by atoms with Crippen molar-refractivity contribution < 1.29 is 4.74 Å². The monoisotopic (exact) mass is 199 g/mol. The van der Waals surface area contributed by atoms with E-state index in [1.807, 2.05) is 6.07 Å². The minimum absolute atomic E-state index is 0.397. The van der Waals surface area contributed by atoms with Crippen molar-refractivity contribution in [2.45, 2.75) is 6.54 Å². The van der Waals surface area contributed by atoms with Crippen LogP contribution in [0.5, 0.6) is 0 Å². The summed E-state index contributed by atoms with van der Waals surface area (Å²) in [6.07, 6.45) is 0. The highest BCUT2D eigenvalue weighted by Gasteiger charge is 2.09. The molecule has 0 bridgehead atoms. The molecule has 0 radical (unpaired) electrons. The molecule has 0 aliphatic rings. The van der Waals surface area contributed by atoms with Gasteiger partial charge in [-0.2, -0.15) is 5.26 Å². The SMILES string of the molecule is COCCn1c(C#N)cc(N)c1Cl. The van der Waals surface area contributed by atoms with E-state index in [0.717, 1.165) is 0 Å². The number of ether oxygens (including phenoxy) is 1. The van der Waals surface area contributed by atoms with E-state index < -0.39 is 0 Å². The number of aromatic nitrogens is 1. The van der Waals surface area contributed by atoms with Gasteiger partial charge < -0.3 is 15.0 Å². The molecule has 1 heterocycles. The Labute approximate surface area is 81.5 Å². The van der Waals surface area contributed by atoms with Gasteiger partial charge in [-0.15, -0.1) is 0 Å². The maximum absolute atomic E-state index is 8.73.